The Kier molecular flexibility index (Phi) is 5.22. The van der Waals surface area contributed by atoms with Crippen LogP contribution in [0.3, 0.4) is 0 Å². The molecule has 0 radical (unpaired) electrons. The quantitative estimate of drug-likeness (QED) is 0.478. The van der Waals surface area contributed by atoms with Crippen LogP contribution in [0.25, 0.3) is 22.4 Å². The molecule has 0 saturated carbocycles. The fraction of sp³-hybridized carbons (Fsp3) is 0.200. The summed E-state index contributed by atoms with van der Waals surface area (Å²) in [5.74, 6) is 2.11. The first kappa shape index (κ1) is 19.0. The van der Waals surface area contributed by atoms with Gasteiger partial charge in [-0.05, 0) is 31.2 Å². The fourth-order valence-electron chi connectivity index (χ4n) is 2.85. The smallest absolute Gasteiger partial charge is 0.277 e. The number of aromatic amines is 1. The molecule has 0 aliphatic carbocycles. The van der Waals surface area contributed by atoms with E-state index in [2.05, 4.69) is 20.2 Å². The summed E-state index contributed by atoms with van der Waals surface area (Å²) in [4.78, 5) is 19.7. The molecule has 0 amide bonds. The van der Waals surface area contributed by atoms with Gasteiger partial charge in [-0.3, -0.25) is 4.79 Å². The van der Waals surface area contributed by atoms with Crippen LogP contribution in [-0.2, 0) is 0 Å². The molecular formula is C20H18N4O4S. The van der Waals surface area contributed by atoms with Gasteiger partial charge in [0.05, 0.1) is 35.9 Å². The van der Waals surface area contributed by atoms with Crippen LogP contribution in [0.15, 0.2) is 56.9 Å². The first-order chi connectivity index (χ1) is 14.1. The largest absolute Gasteiger partial charge is 0.497 e. The van der Waals surface area contributed by atoms with Crippen molar-refractivity contribution in [3.05, 3.63) is 58.6 Å². The van der Waals surface area contributed by atoms with Crippen LogP contribution in [0.4, 0.5) is 0 Å². The van der Waals surface area contributed by atoms with Gasteiger partial charge in [0.25, 0.3) is 16.7 Å². The van der Waals surface area contributed by atoms with Gasteiger partial charge in [0.2, 0.25) is 0 Å². The molecule has 0 unspecified atom stereocenters. The summed E-state index contributed by atoms with van der Waals surface area (Å²) in [5.41, 5.74) is 1.14. The average molecular weight is 410 g/mol. The van der Waals surface area contributed by atoms with Gasteiger partial charge in [-0.2, -0.15) is 0 Å². The lowest BCUT2D eigenvalue weighted by Crippen LogP contribution is -2.12. The third kappa shape index (κ3) is 3.81. The first-order valence-corrected chi connectivity index (χ1v) is 9.68. The Morgan fingerprint density at radius 1 is 1.10 bits per heavy atom. The molecule has 1 atom stereocenters. The van der Waals surface area contributed by atoms with Crippen molar-refractivity contribution < 1.29 is 13.9 Å². The molecule has 2 heterocycles. The molecule has 4 aromatic rings. The topological polar surface area (TPSA) is 103 Å². The van der Waals surface area contributed by atoms with E-state index in [-0.39, 0.29) is 10.8 Å². The maximum Gasteiger partial charge on any atom is 0.277 e. The van der Waals surface area contributed by atoms with Crippen molar-refractivity contribution in [1.82, 2.24) is 20.2 Å². The van der Waals surface area contributed by atoms with E-state index in [1.165, 1.54) is 11.8 Å². The molecule has 0 spiro atoms. The SMILES string of the molecule is COc1ccc(-c2nnc(S[C@@H](C)c3nc4ccccc4c(=O)[nH]3)o2)c(OC)c1. The zero-order chi connectivity index (χ0) is 20.4. The van der Waals surface area contributed by atoms with Gasteiger partial charge in [-0.1, -0.05) is 23.9 Å². The molecule has 2 aromatic heterocycles. The molecule has 2 aromatic carbocycles. The maximum absolute atomic E-state index is 12.3. The van der Waals surface area contributed by atoms with E-state index in [9.17, 15) is 4.79 Å². The van der Waals surface area contributed by atoms with E-state index in [0.717, 1.165) is 0 Å². The summed E-state index contributed by atoms with van der Waals surface area (Å²) in [7, 11) is 3.15. The molecule has 0 bridgehead atoms. The number of rotatable bonds is 6. The number of para-hydroxylation sites is 1. The molecule has 0 aliphatic rings. The summed E-state index contributed by atoms with van der Waals surface area (Å²) in [6.07, 6.45) is 0. The van der Waals surface area contributed by atoms with E-state index >= 15 is 0 Å². The fourth-order valence-corrected chi connectivity index (χ4v) is 3.59. The number of methoxy groups -OCH3 is 2. The van der Waals surface area contributed by atoms with E-state index in [1.54, 1.807) is 38.5 Å². The highest BCUT2D eigenvalue weighted by Crippen LogP contribution is 2.36. The standard InChI is InChI=1S/C20H18N4O4S/c1-11(17-21-15-7-5-4-6-13(15)18(25)22-17)29-20-24-23-19(28-20)14-9-8-12(26-2)10-16(14)27-3/h4-11H,1-3H3,(H,21,22,25)/t11-/m0/s1. The summed E-state index contributed by atoms with van der Waals surface area (Å²) in [5, 5.41) is 8.94. The summed E-state index contributed by atoms with van der Waals surface area (Å²) < 4.78 is 16.4. The first-order valence-electron chi connectivity index (χ1n) is 8.80. The second kappa shape index (κ2) is 7.96. The zero-order valence-electron chi connectivity index (χ0n) is 16.0. The zero-order valence-corrected chi connectivity index (χ0v) is 16.8. The van der Waals surface area contributed by atoms with Gasteiger partial charge in [0.15, 0.2) is 0 Å². The van der Waals surface area contributed by atoms with Gasteiger partial charge in [-0.25, -0.2) is 4.98 Å². The number of nitrogens with one attached hydrogen (secondary N) is 1. The maximum atomic E-state index is 12.3. The Morgan fingerprint density at radius 3 is 2.72 bits per heavy atom. The minimum Gasteiger partial charge on any atom is -0.497 e. The summed E-state index contributed by atoms with van der Waals surface area (Å²) in [6, 6.07) is 12.6. The Balaban J connectivity index is 1.59. The Bertz CT molecular complexity index is 1220. The van der Waals surface area contributed by atoms with Crippen molar-refractivity contribution in [3.63, 3.8) is 0 Å². The van der Waals surface area contributed by atoms with E-state index in [1.807, 2.05) is 25.1 Å². The van der Waals surface area contributed by atoms with Crippen LogP contribution >= 0.6 is 11.8 Å². The van der Waals surface area contributed by atoms with Gasteiger partial charge in [0, 0.05) is 6.07 Å². The highest BCUT2D eigenvalue weighted by atomic mass is 32.2. The van der Waals surface area contributed by atoms with Gasteiger partial charge < -0.3 is 18.9 Å². The highest BCUT2D eigenvalue weighted by molar-refractivity contribution is 7.99. The number of hydrogen-bond donors (Lipinski definition) is 1. The van der Waals surface area contributed by atoms with Crippen LogP contribution in [0.1, 0.15) is 18.0 Å². The average Bonchev–Trinajstić information content (AvgIpc) is 3.21. The molecule has 0 aliphatic heterocycles. The van der Waals surface area contributed by atoms with Crippen LogP contribution in [0.2, 0.25) is 0 Å². The van der Waals surface area contributed by atoms with E-state index < -0.39 is 0 Å². The van der Waals surface area contributed by atoms with Crippen molar-refractivity contribution in [2.24, 2.45) is 0 Å². The van der Waals surface area contributed by atoms with Crippen LogP contribution in [0, 0.1) is 0 Å². The second-order valence-corrected chi connectivity index (χ2v) is 7.46. The Hall–Kier alpha value is -3.33. The molecule has 0 saturated heterocycles. The van der Waals surface area contributed by atoms with Crippen molar-refractivity contribution in [2.45, 2.75) is 17.4 Å². The van der Waals surface area contributed by atoms with Gasteiger partial charge in [-0.15, -0.1) is 10.2 Å². The molecule has 29 heavy (non-hydrogen) atoms. The number of nitrogens with zero attached hydrogens (tertiary/aromatic N) is 3. The number of ether oxygens (including phenoxy) is 2. The predicted octanol–water partition coefficient (Wildman–Crippen LogP) is 3.84. The normalized spacial score (nSPS) is 12.1. The lowest BCUT2D eigenvalue weighted by atomic mass is 10.2. The van der Waals surface area contributed by atoms with E-state index in [0.29, 0.717) is 44.9 Å². The molecular weight excluding hydrogens is 392 g/mol. The molecule has 148 valence electrons. The monoisotopic (exact) mass is 410 g/mol. The molecule has 4 rings (SSSR count). The van der Waals surface area contributed by atoms with Crippen molar-refractivity contribution >= 4 is 22.7 Å². The minimum absolute atomic E-state index is 0.174. The minimum atomic E-state index is -0.196. The predicted molar refractivity (Wildman–Crippen MR) is 109 cm³/mol. The number of fused-ring (bicyclic) bond motifs is 1. The van der Waals surface area contributed by atoms with Gasteiger partial charge >= 0.3 is 0 Å². The second-order valence-electron chi connectivity index (χ2n) is 6.17. The van der Waals surface area contributed by atoms with Crippen molar-refractivity contribution in [2.75, 3.05) is 14.2 Å². The lowest BCUT2D eigenvalue weighted by molar-refractivity contribution is 0.393. The molecule has 8 nitrogen and oxygen atoms in total. The van der Waals surface area contributed by atoms with Crippen LogP contribution in [-0.4, -0.2) is 34.4 Å². The summed E-state index contributed by atoms with van der Waals surface area (Å²) in [6.45, 7) is 1.91. The molecule has 1 N–H and O–H groups in total. The number of thioether (sulfide) groups is 1. The molecule has 9 heteroatoms. The number of benzene rings is 2. The highest BCUT2D eigenvalue weighted by Gasteiger charge is 2.19. The number of H-pyrrole nitrogens is 1. The Labute approximate surface area is 170 Å². The third-order valence-corrected chi connectivity index (χ3v) is 5.28. The van der Waals surface area contributed by atoms with Crippen LogP contribution < -0.4 is 15.0 Å². The molecule has 0 fully saturated rings. The lowest BCUT2D eigenvalue weighted by Gasteiger charge is -2.09. The van der Waals surface area contributed by atoms with Crippen LogP contribution in [0.5, 0.6) is 11.5 Å². The number of hydrogen-bond acceptors (Lipinski definition) is 8. The van der Waals surface area contributed by atoms with Crippen molar-refractivity contribution in [1.29, 1.82) is 0 Å². The number of aromatic nitrogens is 4. The summed E-state index contributed by atoms with van der Waals surface area (Å²) >= 11 is 1.31. The van der Waals surface area contributed by atoms with Crippen molar-refractivity contribution in [3.8, 4) is 23.0 Å². The third-order valence-electron chi connectivity index (χ3n) is 4.34. The van der Waals surface area contributed by atoms with Gasteiger partial charge in [0.1, 0.15) is 17.3 Å². The Morgan fingerprint density at radius 2 is 1.93 bits per heavy atom. The van der Waals surface area contributed by atoms with E-state index in [4.69, 9.17) is 13.9 Å².